The van der Waals surface area contributed by atoms with Crippen molar-refractivity contribution in [2.24, 2.45) is 0 Å². The molecule has 0 amide bonds. The summed E-state index contributed by atoms with van der Waals surface area (Å²) in [5, 5.41) is 0. The fraction of sp³-hybridized carbons (Fsp3) is 0.381. The molecule has 1 saturated heterocycles. The van der Waals surface area contributed by atoms with Crippen LogP contribution in [0.3, 0.4) is 0 Å². The van der Waals surface area contributed by atoms with Crippen LogP contribution in [-0.4, -0.2) is 43.6 Å². The first-order valence-corrected chi connectivity index (χ1v) is 8.71. The zero-order chi connectivity index (χ0) is 17.6. The molecule has 0 spiro atoms. The first kappa shape index (κ1) is 17.6. The van der Waals surface area contributed by atoms with Crippen LogP contribution in [0.4, 0.5) is 0 Å². The molecular weight excluding hydrogens is 314 g/mol. The van der Waals surface area contributed by atoms with E-state index in [1.807, 2.05) is 36.4 Å². The lowest BCUT2D eigenvalue weighted by Gasteiger charge is -2.40. The van der Waals surface area contributed by atoms with Crippen molar-refractivity contribution in [1.82, 2.24) is 4.90 Å². The number of hydrogen-bond donors (Lipinski definition) is 0. The lowest BCUT2D eigenvalue weighted by atomic mass is 9.96. The van der Waals surface area contributed by atoms with E-state index in [-0.39, 0.29) is 17.9 Å². The summed E-state index contributed by atoms with van der Waals surface area (Å²) in [7, 11) is 1.68. The molecule has 0 aromatic heterocycles. The Balaban J connectivity index is 1.91. The average molecular weight is 339 g/mol. The minimum absolute atomic E-state index is 0.0162. The van der Waals surface area contributed by atoms with Crippen molar-refractivity contribution in [3.8, 4) is 5.75 Å². The standard InChI is InChI=1S/C21H25NO3/c1-16(23)19(14-17-8-4-3-5-9-17)22-12-13-25-15-20(22)18-10-6-7-11-21(18)24-2/h3-11,19-20H,12-15H2,1-2H3. The minimum Gasteiger partial charge on any atom is -0.496 e. The van der Waals surface area contributed by atoms with Crippen LogP contribution in [0.2, 0.25) is 0 Å². The molecule has 4 heteroatoms. The van der Waals surface area contributed by atoms with Crippen LogP contribution in [0.25, 0.3) is 0 Å². The molecular formula is C21H25NO3. The van der Waals surface area contributed by atoms with Crippen molar-refractivity contribution in [1.29, 1.82) is 0 Å². The number of benzene rings is 2. The Bertz CT molecular complexity index is 701. The van der Waals surface area contributed by atoms with E-state index in [1.165, 1.54) is 5.56 Å². The van der Waals surface area contributed by atoms with Gasteiger partial charge in [-0.1, -0.05) is 48.5 Å². The van der Waals surface area contributed by atoms with Gasteiger partial charge in [0.05, 0.1) is 32.4 Å². The van der Waals surface area contributed by atoms with E-state index < -0.39 is 0 Å². The molecule has 1 fully saturated rings. The fourth-order valence-corrected chi connectivity index (χ4v) is 3.53. The van der Waals surface area contributed by atoms with Gasteiger partial charge in [-0.15, -0.1) is 0 Å². The molecule has 0 N–H and O–H groups in total. The Morgan fingerprint density at radius 1 is 1.20 bits per heavy atom. The highest BCUT2D eigenvalue weighted by molar-refractivity contribution is 5.82. The number of carbonyl (C=O) groups excluding carboxylic acids is 1. The van der Waals surface area contributed by atoms with Gasteiger partial charge >= 0.3 is 0 Å². The first-order valence-electron chi connectivity index (χ1n) is 8.71. The highest BCUT2D eigenvalue weighted by Gasteiger charge is 2.34. The maximum atomic E-state index is 12.5. The summed E-state index contributed by atoms with van der Waals surface area (Å²) in [6.45, 7) is 3.63. The number of ether oxygens (including phenoxy) is 2. The summed E-state index contributed by atoms with van der Waals surface area (Å²) in [5.41, 5.74) is 2.25. The number of Topliss-reactive ketones (excluding diaryl/α,β-unsaturated/α-hetero) is 1. The van der Waals surface area contributed by atoms with Gasteiger partial charge in [0, 0.05) is 12.1 Å². The Morgan fingerprint density at radius 3 is 2.64 bits per heavy atom. The molecule has 0 saturated carbocycles. The number of methoxy groups -OCH3 is 1. The number of para-hydroxylation sites is 1. The molecule has 132 valence electrons. The van der Waals surface area contributed by atoms with Gasteiger partial charge < -0.3 is 9.47 Å². The molecule has 2 atom stereocenters. The van der Waals surface area contributed by atoms with E-state index in [9.17, 15) is 4.79 Å². The quantitative estimate of drug-likeness (QED) is 0.810. The topological polar surface area (TPSA) is 38.8 Å². The van der Waals surface area contributed by atoms with E-state index in [4.69, 9.17) is 9.47 Å². The van der Waals surface area contributed by atoms with E-state index >= 15 is 0 Å². The molecule has 1 heterocycles. The number of morpholine rings is 1. The van der Waals surface area contributed by atoms with Crippen molar-refractivity contribution in [3.05, 3.63) is 65.7 Å². The predicted octanol–water partition coefficient (Wildman–Crippen LogP) is 3.27. The molecule has 2 unspecified atom stereocenters. The van der Waals surface area contributed by atoms with Crippen molar-refractivity contribution in [2.45, 2.75) is 25.4 Å². The smallest absolute Gasteiger partial charge is 0.147 e. The molecule has 25 heavy (non-hydrogen) atoms. The third kappa shape index (κ3) is 4.09. The molecule has 4 nitrogen and oxygen atoms in total. The van der Waals surface area contributed by atoms with Crippen molar-refractivity contribution >= 4 is 5.78 Å². The van der Waals surface area contributed by atoms with Crippen LogP contribution in [0.1, 0.15) is 24.1 Å². The van der Waals surface area contributed by atoms with Crippen molar-refractivity contribution in [2.75, 3.05) is 26.9 Å². The lowest BCUT2D eigenvalue weighted by Crippen LogP contribution is -2.49. The van der Waals surface area contributed by atoms with E-state index in [0.29, 0.717) is 19.6 Å². The predicted molar refractivity (Wildman–Crippen MR) is 97.9 cm³/mol. The lowest BCUT2D eigenvalue weighted by molar-refractivity contribution is -0.126. The normalized spacial score (nSPS) is 19.4. The second kappa shape index (κ2) is 8.28. The summed E-state index contributed by atoms with van der Waals surface area (Å²) >= 11 is 0. The van der Waals surface area contributed by atoms with Crippen LogP contribution in [0.5, 0.6) is 5.75 Å². The van der Waals surface area contributed by atoms with Crippen LogP contribution >= 0.6 is 0 Å². The Labute approximate surface area is 149 Å². The maximum Gasteiger partial charge on any atom is 0.147 e. The highest BCUT2D eigenvalue weighted by Crippen LogP contribution is 2.33. The molecule has 3 rings (SSSR count). The van der Waals surface area contributed by atoms with Gasteiger partial charge in [-0.25, -0.2) is 0 Å². The summed E-state index contributed by atoms with van der Waals surface area (Å²) in [5.74, 6) is 1.02. The largest absolute Gasteiger partial charge is 0.496 e. The zero-order valence-electron chi connectivity index (χ0n) is 14.9. The summed E-state index contributed by atoms with van der Waals surface area (Å²) in [4.78, 5) is 14.7. The second-order valence-corrected chi connectivity index (χ2v) is 6.39. The fourth-order valence-electron chi connectivity index (χ4n) is 3.53. The molecule has 0 aliphatic carbocycles. The molecule has 2 aromatic carbocycles. The first-order chi connectivity index (χ1) is 12.2. The van der Waals surface area contributed by atoms with Gasteiger partial charge in [-0.3, -0.25) is 9.69 Å². The minimum atomic E-state index is -0.166. The molecule has 2 aromatic rings. The second-order valence-electron chi connectivity index (χ2n) is 6.39. The molecule has 1 aliphatic rings. The number of hydrogen-bond acceptors (Lipinski definition) is 4. The average Bonchev–Trinajstić information content (AvgIpc) is 2.67. The number of rotatable bonds is 6. The van der Waals surface area contributed by atoms with Gasteiger partial charge in [0.2, 0.25) is 0 Å². The van der Waals surface area contributed by atoms with Gasteiger partial charge in [0.1, 0.15) is 11.5 Å². The summed E-state index contributed by atoms with van der Waals surface area (Å²) in [6.07, 6.45) is 0.710. The van der Waals surface area contributed by atoms with E-state index in [0.717, 1.165) is 17.9 Å². The zero-order valence-corrected chi connectivity index (χ0v) is 14.9. The van der Waals surface area contributed by atoms with Crippen LogP contribution in [0, 0.1) is 0 Å². The van der Waals surface area contributed by atoms with Gasteiger partial charge in [0.25, 0.3) is 0 Å². The summed E-state index contributed by atoms with van der Waals surface area (Å²) < 4.78 is 11.3. The van der Waals surface area contributed by atoms with Gasteiger partial charge in [0.15, 0.2) is 0 Å². The van der Waals surface area contributed by atoms with Crippen LogP contribution in [-0.2, 0) is 16.0 Å². The van der Waals surface area contributed by atoms with E-state index in [1.54, 1.807) is 14.0 Å². The Kier molecular flexibility index (Phi) is 5.84. The number of nitrogens with zero attached hydrogens (tertiary/aromatic N) is 1. The van der Waals surface area contributed by atoms with Gasteiger partial charge in [-0.2, -0.15) is 0 Å². The third-order valence-electron chi connectivity index (χ3n) is 4.81. The maximum absolute atomic E-state index is 12.5. The number of ketones is 1. The molecule has 1 aliphatic heterocycles. The third-order valence-corrected chi connectivity index (χ3v) is 4.81. The van der Waals surface area contributed by atoms with Crippen LogP contribution in [0.15, 0.2) is 54.6 Å². The molecule has 0 bridgehead atoms. The SMILES string of the molecule is COc1ccccc1C1COCCN1C(Cc1ccccc1)C(C)=O. The van der Waals surface area contributed by atoms with Crippen molar-refractivity contribution < 1.29 is 14.3 Å². The molecule has 0 radical (unpaired) electrons. The van der Waals surface area contributed by atoms with Crippen LogP contribution < -0.4 is 4.74 Å². The summed E-state index contributed by atoms with van der Waals surface area (Å²) in [6, 6.07) is 18.0. The van der Waals surface area contributed by atoms with Gasteiger partial charge in [-0.05, 0) is 25.0 Å². The highest BCUT2D eigenvalue weighted by atomic mass is 16.5. The monoisotopic (exact) mass is 339 g/mol. The number of carbonyl (C=O) groups is 1. The Morgan fingerprint density at radius 2 is 1.92 bits per heavy atom. The van der Waals surface area contributed by atoms with Crippen molar-refractivity contribution in [3.63, 3.8) is 0 Å². The Hall–Kier alpha value is -2.17. The van der Waals surface area contributed by atoms with E-state index in [2.05, 4.69) is 23.1 Å².